The lowest BCUT2D eigenvalue weighted by Gasteiger charge is -2.33. The number of hydrogen-bond acceptors (Lipinski definition) is 6. The predicted molar refractivity (Wildman–Crippen MR) is 124 cm³/mol. The van der Waals surface area contributed by atoms with E-state index in [1.54, 1.807) is 23.1 Å². The van der Waals surface area contributed by atoms with E-state index in [-0.39, 0.29) is 6.04 Å². The predicted octanol–water partition coefficient (Wildman–Crippen LogP) is 2.56. The van der Waals surface area contributed by atoms with Crippen LogP contribution < -0.4 is 9.62 Å². The van der Waals surface area contributed by atoms with E-state index in [1.165, 1.54) is 5.57 Å². The van der Waals surface area contributed by atoms with Crippen molar-refractivity contribution in [3.8, 4) is 0 Å². The number of aromatic nitrogens is 4. The highest BCUT2D eigenvalue weighted by molar-refractivity contribution is 7.89. The highest BCUT2D eigenvalue weighted by atomic mass is 32.2. The molecule has 9 heteroatoms. The molecule has 0 radical (unpaired) electrons. The van der Waals surface area contributed by atoms with E-state index in [4.69, 9.17) is 0 Å². The van der Waals surface area contributed by atoms with Gasteiger partial charge in [0.15, 0.2) is 0 Å². The molecule has 32 heavy (non-hydrogen) atoms. The first-order chi connectivity index (χ1) is 15.4. The summed E-state index contributed by atoms with van der Waals surface area (Å²) in [6.45, 7) is 3.42. The molecule has 1 N–H and O–H groups in total. The molecule has 0 bridgehead atoms. The fourth-order valence-electron chi connectivity index (χ4n) is 4.35. The lowest BCUT2D eigenvalue weighted by Crippen LogP contribution is -2.45. The van der Waals surface area contributed by atoms with E-state index in [1.807, 2.05) is 38.5 Å². The molecule has 3 aromatic rings. The average molecular weight is 451 g/mol. The van der Waals surface area contributed by atoms with Crippen LogP contribution in [0.25, 0.3) is 11.6 Å². The third-order valence-corrected chi connectivity index (χ3v) is 7.68. The Labute approximate surface area is 188 Å². The maximum Gasteiger partial charge on any atom is 0.240 e. The zero-order chi connectivity index (χ0) is 22.3. The molecule has 0 spiro atoms. The van der Waals surface area contributed by atoms with Crippen molar-refractivity contribution in [3.63, 3.8) is 0 Å². The van der Waals surface area contributed by atoms with E-state index in [0.717, 1.165) is 60.6 Å². The molecule has 2 aliphatic rings. The van der Waals surface area contributed by atoms with Gasteiger partial charge < -0.3 is 4.90 Å². The van der Waals surface area contributed by atoms with E-state index in [2.05, 4.69) is 30.8 Å². The highest BCUT2D eigenvalue weighted by Crippen LogP contribution is 2.35. The van der Waals surface area contributed by atoms with Crippen LogP contribution in [-0.2, 0) is 23.5 Å². The van der Waals surface area contributed by atoms with E-state index >= 15 is 0 Å². The molecule has 2 aromatic heterocycles. The van der Waals surface area contributed by atoms with Gasteiger partial charge in [0.1, 0.15) is 12.1 Å². The van der Waals surface area contributed by atoms with Crippen molar-refractivity contribution in [2.24, 2.45) is 7.05 Å². The van der Waals surface area contributed by atoms with Crippen LogP contribution in [0.2, 0.25) is 0 Å². The fraction of sp³-hybridized carbons (Fsp3) is 0.348. The summed E-state index contributed by atoms with van der Waals surface area (Å²) in [7, 11) is -1.60. The zero-order valence-corrected chi connectivity index (χ0v) is 19.0. The molecule has 0 amide bonds. The number of allylic oxidation sites excluding steroid dienone is 1. The summed E-state index contributed by atoms with van der Waals surface area (Å²) >= 11 is 0. The lowest BCUT2D eigenvalue weighted by atomic mass is 10.1. The van der Waals surface area contributed by atoms with Gasteiger partial charge in [0.2, 0.25) is 10.0 Å². The van der Waals surface area contributed by atoms with Crippen LogP contribution in [-0.4, -0.2) is 47.3 Å². The molecule has 1 aliphatic carbocycles. The summed E-state index contributed by atoms with van der Waals surface area (Å²) in [5.41, 5.74) is 5.41. The Hall–Kier alpha value is -3.04. The van der Waals surface area contributed by atoms with Crippen LogP contribution in [0.1, 0.15) is 35.2 Å². The number of anilines is 1. The van der Waals surface area contributed by atoms with Gasteiger partial charge in [-0.1, -0.05) is 17.7 Å². The molecular formula is C23H26N6O2S. The minimum absolute atomic E-state index is 0.0889. The molecular weight excluding hydrogens is 424 g/mol. The number of aryl methyl sites for hydroxylation is 2. The topological polar surface area (TPSA) is 93.0 Å². The maximum atomic E-state index is 12.7. The van der Waals surface area contributed by atoms with Crippen LogP contribution in [0.15, 0.2) is 47.9 Å². The van der Waals surface area contributed by atoms with Crippen LogP contribution >= 0.6 is 0 Å². The quantitative estimate of drug-likeness (QED) is 0.642. The van der Waals surface area contributed by atoms with Gasteiger partial charge in [0.25, 0.3) is 0 Å². The fourth-order valence-corrected chi connectivity index (χ4v) is 5.66. The average Bonchev–Trinajstić information content (AvgIpc) is 3.40. The smallest absolute Gasteiger partial charge is 0.240 e. The number of hydrogen-bond donors (Lipinski definition) is 1. The van der Waals surface area contributed by atoms with Crippen LogP contribution in [0, 0.1) is 6.92 Å². The van der Waals surface area contributed by atoms with Crippen molar-refractivity contribution >= 4 is 27.5 Å². The third-order valence-electron chi connectivity index (χ3n) is 6.15. The summed E-state index contributed by atoms with van der Waals surface area (Å²) < 4.78 is 30.1. The zero-order valence-electron chi connectivity index (χ0n) is 18.2. The molecule has 3 heterocycles. The monoisotopic (exact) mass is 450 g/mol. The summed E-state index contributed by atoms with van der Waals surface area (Å²) in [5.74, 6) is 0.925. The molecule has 8 nitrogen and oxygen atoms in total. The van der Waals surface area contributed by atoms with Crippen molar-refractivity contribution in [1.82, 2.24) is 24.5 Å². The van der Waals surface area contributed by atoms with Crippen LogP contribution in [0.4, 0.5) is 5.82 Å². The number of piperidine rings is 1. The summed E-state index contributed by atoms with van der Waals surface area (Å²) in [6.07, 6.45) is 9.89. The Balaban J connectivity index is 1.28. The van der Waals surface area contributed by atoms with Gasteiger partial charge in [-0.15, -0.1) is 0 Å². The first-order valence-electron chi connectivity index (χ1n) is 10.8. The van der Waals surface area contributed by atoms with Gasteiger partial charge in [-0.3, -0.25) is 4.68 Å². The van der Waals surface area contributed by atoms with Gasteiger partial charge in [0, 0.05) is 49.9 Å². The highest BCUT2D eigenvalue weighted by Gasteiger charge is 2.28. The Bertz CT molecular complexity index is 1270. The van der Waals surface area contributed by atoms with Crippen LogP contribution in [0.5, 0.6) is 0 Å². The largest absolute Gasteiger partial charge is 0.356 e. The van der Waals surface area contributed by atoms with E-state index < -0.39 is 10.0 Å². The van der Waals surface area contributed by atoms with Crippen molar-refractivity contribution in [1.29, 1.82) is 0 Å². The number of benzene rings is 1. The molecule has 0 unspecified atom stereocenters. The van der Waals surface area contributed by atoms with Crippen molar-refractivity contribution in [2.75, 3.05) is 18.0 Å². The minimum Gasteiger partial charge on any atom is -0.356 e. The normalized spacial score (nSPS) is 16.8. The lowest BCUT2D eigenvalue weighted by molar-refractivity contribution is 0.458. The molecule has 0 saturated carbocycles. The number of nitrogens with one attached hydrogen (secondary N) is 1. The second-order valence-electron chi connectivity index (χ2n) is 8.50. The molecule has 1 aliphatic heterocycles. The second-order valence-corrected chi connectivity index (χ2v) is 10.2. The Kier molecular flexibility index (Phi) is 5.30. The molecule has 1 fully saturated rings. The number of rotatable bonds is 5. The minimum atomic E-state index is -3.52. The van der Waals surface area contributed by atoms with Crippen molar-refractivity contribution in [2.45, 2.75) is 37.1 Å². The number of sulfonamides is 1. The third kappa shape index (κ3) is 4.05. The Morgan fingerprint density at radius 1 is 1.09 bits per heavy atom. The second kappa shape index (κ2) is 8.14. The van der Waals surface area contributed by atoms with Gasteiger partial charge >= 0.3 is 0 Å². The number of fused-ring (bicyclic) bond motifs is 1. The van der Waals surface area contributed by atoms with Gasteiger partial charge in [-0.05, 0) is 43.5 Å². The van der Waals surface area contributed by atoms with Gasteiger partial charge in [0.05, 0.1) is 16.8 Å². The first kappa shape index (κ1) is 20.8. The van der Waals surface area contributed by atoms with Crippen molar-refractivity contribution in [3.05, 3.63) is 65.4 Å². The molecule has 0 atom stereocenters. The van der Waals surface area contributed by atoms with Gasteiger partial charge in [-0.2, -0.15) is 5.10 Å². The summed E-state index contributed by atoms with van der Waals surface area (Å²) in [6, 6.07) is 6.86. The molecule has 1 aromatic carbocycles. The van der Waals surface area contributed by atoms with E-state index in [0.29, 0.717) is 4.90 Å². The summed E-state index contributed by atoms with van der Waals surface area (Å²) in [5, 5.41) is 4.27. The standard InChI is InChI=1S/C23H26N6O2S/c1-16-3-5-20(6-4-16)32(30,31)27-19-7-9-29(10-8-19)23-21-11-17(12-22(21)24-15-25-23)18-13-26-28(2)14-18/h3-6,11,13-15,19,27H,7-10,12H2,1-2H3. The van der Waals surface area contributed by atoms with Crippen LogP contribution in [0.3, 0.4) is 0 Å². The SMILES string of the molecule is Cc1ccc(S(=O)(=O)NC2CCN(c3ncnc4c3C=C(c3cnn(C)c3)C4)CC2)cc1. The molecule has 166 valence electrons. The Morgan fingerprint density at radius 3 is 2.53 bits per heavy atom. The van der Waals surface area contributed by atoms with Gasteiger partial charge in [-0.25, -0.2) is 23.1 Å². The summed E-state index contributed by atoms with van der Waals surface area (Å²) in [4.78, 5) is 11.6. The van der Waals surface area contributed by atoms with E-state index in [9.17, 15) is 8.42 Å². The number of nitrogens with zero attached hydrogens (tertiary/aromatic N) is 5. The molecule has 1 saturated heterocycles. The molecule has 5 rings (SSSR count). The maximum absolute atomic E-state index is 12.7. The first-order valence-corrected chi connectivity index (χ1v) is 12.2. The Morgan fingerprint density at radius 2 is 1.84 bits per heavy atom. The van der Waals surface area contributed by atoms with Crippen molar-refractivity contribution < 1.29 is 8.42 Å².